The molecule has 5 heteroatoms. The Morgan fingerprint density at radius 2 is 1.57 bits per heavy atom. The fourth-order valence-corrected chi connectivity index (χ4v) is 3.61. The van der Waals surface area contributed by atoms with Crippen LogP contribution in [0.15, 0.2) is 90.5 Å². The van der Waals surface area contributed by atoms with Gasteiger partial charge in [-0.05, 0) is 41.7 Å². The zero-order valence-electron chi connectivity index (χ0n) is 20.6. The number of Topliss-reactive ketones (excluding diaryl/α,β-unsaturated/α-hetero) is 1. The predicted octanol–water partition coefficient (Wildman–Crippen LogP) is 6.36. The molecule has 0 unspecified atom stereocenters. The minimum atomic E-state index is -0.508. The van der Waals surface area contributed by atoms with E-state index in [9.17, 15) is 9.59 Å². The molecule has 0 fully saturated rings. The molecule has 0 aliphatic carbocycles. The summed E-state index contributed by atoms with van der Waals surface area (Å²) in [6, 6.07) is 22.2. The van der Waals surface area contributed by atoms with Gasteiger partial charge in [-0.3, -0.25) is 9.59 Å². The van der Waals surface area contributed by atoms with Crippen molar-refractivity contribution in [2.75, 3.05) is 19.5 Å². The van der Waals surface area contributed by atoms with Gasteiger partial charge >= 0.3 is 0 Å². The molecule has 0 radical (unpaired) electrons. The van der Waals surface area contributed by atoms with Crippen molar-refractivity contribution in [2.45, 2.75) is 20.3 Å². The van der Waals surface area contributed by atoms with E-state index in [2.05, 4.69) is 19.2 Å². The molecule has 5 nitrogen and oxygen atoms in total. The number of hydrogen-bond donors (Lipinski definition) is 1. The molecule has 0 saturated heterocycles. The molecule has 0 saturated carbocycles. The van der Waals surface area contributed by atoms with E-state index < -0.39 is 5.91 Å². The van der Waals surface area contributed by atoms with Crippen molar-refractivity contribution in [3.8, 4) is 11.5 Å². The maximum absolute atomic E-state index is 13.4. The highest BCUT2D eigenvalue weighted by Crippen LogP contribution is 2.30. The van der Waals surface area contributed by atoms with E-state index in [1.165, 1.54) is 7.11 Å². The average Bonchev–Trinajstić information content (AvgIpc) is 2.86. The van der Waals surface area contributed by atoms with Crippen LogP contribution >= 0.6 is 0 Å². The Morgan fingerprint density at radius 3 is 2.20 bits per heavy atom. The number of allylic oxidation sites excluding steroid dienone is 2. The van der Waals surface area contributed by atoms with E-state index in [0.29, 0.717) is 28.7 Å². The van der Waals surface area contributed by atoms with Crippen LogP contribution in [0.4, 0.5) is 5.69 Å². The smallest absolute Gasteiger partial charge is 0.259 e. The Labute approximate surface area is 207 Å². The van der Waals surface area contributed by atoms with Gasteiger partial charge in [0.25, 0.3) is 5.91 Å². The first kappa shape index (κ1) is 25.5. The fourth-order valence-electron chi connectivity index (χ4n) is 3.61. The topological polar surface area (TPSA) is 64.6 Å². The van der Waals surface area contributed by atoms with Crippen LogP contribution < -0.4 is 14.8 Å². The number of amides is 1. The summed E-state index contributed by atoms with van der Waals surface area (Å²) in [5, 5.41) is 2.81. The number of methoxy groups -OCH3 is 2. The third kappa shape index (κ3) is 7.18. The van der Waals surface area contributed by atoms with Crippen LogP contribution in [0.3, 0.4) is 0 Å². The highest BCUT2D eigenvalue weighted by atomic mass is 16.5. The van der Waals surface area contributed by atoms with Crippen LogP contribution in [0.5, 0.6) is 11.5 Å². The van der Waals surface area contributed by atoms with Crippen molar-refractivity contribution >= 4 is 23.5 Å². The second-order valence-corrected chi connectivity index (χ2v) is 8.50. The fraction of sp³-hybridized carbons (Fsp3) is 0.200. The number of hydrogen-bond acceptors (Lipinski definition) is 4. The van der Waals surface area contributed by atoms with E-state index in [4.69, 9.17) is 9.47 Å². The van der Waals surface area contributed by atoms with Gasteiger partial charge in [-0.25, -0.2) is 0 Å². The summed E-state index contributed by atoms with van der Waals surface area (Å²) in [6.07, 6.45) is 6.04. The van der Waals surface area contributed by atoms with Crippen LogP contribution in [0.2, 0.25) is 0 Å². The van der Waals surface area contributed by atoms with Crippen LogP contribution in [-0.4, -0.2) is 25.9 Å². The van der Waals surface area contributed by atoms with Crippen LogP contribution in [0, 0.1) is 5.92 Å². The molecule has 0 heterocycles. The molecule has 35 heavy (non-hydrogen) atoms. The molecule has 0 atom stereocenters. The molecule has 3 aromatic rings. The first-order valence-corrected chi connectivity index (χ1v) is 11.5. The van der Waals surface area contributed by atoms with Gasteiger partial charge in [-0.15, -0.1) is 0 Å². The second kappa shape index (κ2) is 12.4. The average molecular weight is 470 g/mol. The predicted molar refractivity (Wildman–Crippen MR) is 141 cm³/mol. The second-order valence-electron chi connectivity index (χ2n) is 8.50. The minimum Gasteiger partial charge on any atom is -0.493 e. The monoisotopic (exact) mass is 469 g/mol. The normalized spacial score (nSPS) is 11.5. The molecule has 0 aromatic heterocycles. The number of ether oxygens (including phenoxy) is 2. The van der Waals surface area contributed by atoms with Crippen molar-refractivity contribution in [3.05, 3.63) is 107 Å². The van der Waals surface area contributed by atoms with E-state index >= 15 is 0 Å². The summed E-state index contributed by atoms with van der Waals surface area (Å²) in [6.45, 7) is 4.30. The lowest BCUT2D eigenvalue weighted by molar-refractivity contribution is -0.112. The summed E-state index contributed by atoms with van der Waals surface area (Å²) in [7, 11) is 3.07. The summed E-state index contributed by atoms with van der Waals surface area (Å²) >= 11 is 0. The molecule has 3 rings (SSSR count). The quantitative estimate of drug-likeness (QED) is 0.123. The van der Waals surface area contributed by atoms with Gasteiger partial charge in [-0.2, -0.15) is 0 Å². The summed E-state index contributed by atoms with van der Waals surface area (Å²) in [5.41, 5.74) is 3.10. The highest BCUT2D eigenvalue weighted by molar-refractivity contribution is 6.28. The van der Waals surface area contributed by atoms with Gasteiger partial charge in [0.05, 0.1) is 19.8 Å². The number of nitrogens with one attached hydrogen (secondary N) is 1. The lowest BCUT2D eigenvalue weighted by Crippen LogP contribution is -2.21. The molecule has 0 spiro atoms. The number of benzene rings is 3. The zero-order valence-corrected chi connectivity index (χ0v) is 20.6. The first-order chi connectivity index (χ1) is 16.9. The number of carbonyl (C=O) groups is 2. The van der Waals surface area contributed by atoms with E-state index in [1.54, 1.807) is 49.6 Å². The maximum atomic E-state index is 13.4. The molecule has 0 bridgehead atoms. The van der Waals surface area contributed by atoms with Gasteiger partial charge < -0.3 is 14.8 Å². The summed E-state index contributed by atoms with van der Waals surface area (Å²) in [4.78, 5) is 26.6. The Balaban J connectivity index is 1.90. The van der Waals surface area contributed by atoms with Crippen LogP contribution in [0.1, 0.15) is 35.3 Å². The van der Waals surface area contributed by atoms with Crippen molar-refractivity contribution in [3.63, 3.8) is 0 Å². The molecule has 3 aromatic carbocycles. The van der Waals surface area contributed by atoms with Crippen molar-refractivity contribution in [1.29, 1.82) is 0 Å². The van der Waals surface area contributed by atoms with Crippen molar-refractivity contribution in [2.24, 2.45) is 5.92 Å². The molecule has 1 amide bonds. The number of carbonyl (C=O) groups excluding carboxylic acids is 2. The Morgan fingerprint density at radius 1 is 0.886 bits per heavy atom. The zero-order chi connectivity index (χ0) is 25.2. The molecule has 0 aliphatic heterocycles. The lowest BCUT2D eigenvalue weighted by Gasteiger charge is -2.12. The first-order valence-electron chi connectivity index (χ1n) is 11.5. The standard InChI is InChI=1S/C30H31NO4/c1-21(2)19-23-13-15-24(16-14-23)29(32)26(12-8-11-22-9-6-5-7-10-22)30(33)31-25-17-18-27(34-3)28(20-25)35-4/h5-18,20-21H,19H2,1-4H3,(H,31,33). The minimum absolute atomic E-state index is 0.0311. The Bertz CT molecular complexity index is 1210. The molecular weight excluding hydrogens is 438 g/mol. The molecular formula is C30H31NO4. The van der Waals surface area contributed by atoms with Crippen LogP contribution in [-0.2, 0) is 11.2 Å². The van der Waals surface area contributed by atoms with Crippen molar-refractivity contribution < 1.29 is 19.1 Å². The molecule has 180 valence electrons. The molecule has 1 N–H and O–H groups in total. The van der Waals surface area contributed by atoms with E-state index in [0.717, 1.165) is 17.5 Å². The Hall–Kier alpha value is -4.12. The van der Waals surface area contributed by atoms with Gasteiger partial charge in [0.15, 0.2) is 17.3 Å². The summed E-state index contributed by atoms with van der Waals surface area (Å²) < 4.78 is 10.6. The largest absolute Gasteiger partial charge is 0.493 e. The number of rotatable bonds is 10. The number of ketones is 1. The molecule has 0 aliphatic rings. The Kier molecular flexibility index (Phi) is 9.02. The summed E-state index contributed by atoms with van der Waals surface area (Å²) in [5.74, 6) is 0.682. The van der Waals surface area contributed by atoms with Gasteiger partial charge in [-0.1, -0.05) is 80.6 Å². The third-order valence-corrected chi connectivity index (χ3v) is 5.34. The van der Waals surface area contributed by atoms with E-state index in [-0.39, 0.29) is 11.4 Å². The lowest BCUT2D eigenvalue weighted by atomic mass is 9.97. The van der Waals surface area contributed by atoms with Gasteiger partial charge in [0.1, 0.15) is 0 Å². The van der Waals surface area contributed by atoms with Gasteiger partial charge in [0.2, 0.25) is 0 Å². The van der Waals surface area contributed by atoms with Gasteiger partial charge in [0, 0.05) is 17.3 Å². The van der Waals surface area contributed by atoms with E-state index in [1.807, 2.05) is 48.5 Å². The highest BCUT2D eigenvalue weighted by Gasteiger charge is 2.20. The third-order valence-electron chi connectivity index (χ3n) is 5.34. The van der Waals surface area contributed by atoms with Crippen molar-refractivity contribution in [1.82, 2.24) is 0 Å². The van der Waals surface area contributed by atoms with Crippen LogP contribution in [0.25, 0.3) is 6.08 Å². The SMILES string of the molecule is COc1ccc(NC(=O)C(=CC=Cc2ccccc2)C(=O)c2ccc(CC(C)C)cc2)cc1OC. The maximum Gasteiger partial charge on any atom is 0.259 e. The number of anilines is 1.